The Morgan fingerprint density at radius 3 is 2.89 bits per heavy atom. The van der Waals surface area contributed by atoms with E-state index in [0.29, 0.717) is 0 Å². The molecule has 19 heavy (non-hydrogen) atoms. The second kappa shape index (κ2) is 4.69. The van der Waals surface area contributed by atoms with E-state index in [1.807, 2.05) is 18.2 Å². The Balaban J connectivity index is 1.89. The summed E-state index contributed by atoms with van der Waals surface area (Å²) in [5.74, 6) is -1.08. The minimum atomic E-state index is -0.730. The number of benzene rings is 1. The lowest BCUT2D eigenvalue weighted by Crippen LogP contribution is -2.28. The molecule has 2 heterocycles. The molecule has 0 spiro atoms. The quantitative estimate of drug-likeness (QED) is 0.806. The van der Waals surface area contributed by atoms with Crippen LogP contribution < -0.4 is 0 Å². The van der Waals surface area contributed by atoms with Crippen LogP contribution in [0.25, 0.3) is 0 Å². The molecule has 0 saturated heterocycles. The van der Waals surface area contributed by atoms with Crippen molar-refractivity contribution in [2.24, 2.45) is 10.9 Å². The number of aliphatic imine (C=N–C) groups is 1. The molecule has 4 heteroatoms. The van der Waals surface area contributed by atoms with Crippen LogP contribution in [0.3, 0.4) is 0 Å². The number of carbonyl (C=O) groups is 1. The van der Waals surface area contributed by atoms with Gasteiger partial charge in [0.1, 0.15) is 0 Å². The van der Waals surface area contributed by atoms with Gasteiger partial charge >= 0.3 is 0 Å². The summed E-state index contributed by atoms with van der Waals surface area (Å²) in [4.78, 5) is 17.6. The fourth-order valence-corrected chi connectivity index (χ4v) is 2.62. The van der Waals surface area contributed by atoms with Gasteiger partial charge in [0.05, 0.1) is 6.07 Å². The lowest BCUT2D eigenvalue weighted by Gasteiger charge is -2.25. The Labute approximate surface area is 111 Å². The highest BCUT2D eigenvalue weighted by Gasteiger charge is 2.35. The van der Waals surface area contributed by atoms with Crippen molar-refractivity contribution in [3.05, 3.63) is 47.2 Å². The van der Waals surface area contributed by atoms with Crippen LogP contribution in [0.5, 0.6) is 0 Å². The van der Waals surface area contributed by atoms with Crippen molar-refractivity contribution in [3.8, 4) is 6.07 Å². The van der Waals surface area contributed by atoms with Crippen molar-refractivity contribution in [2.45, 2.75) is 13.0 Å². The number of dihydropyridines is 1. The smallest absolute Gasteiger partial charge is 0.269 e. The van der Waals surface area contributed by atoms with Crippen LogP contribution in [0.1, 0.15) is 12.0 Å². The molecule has 0 aliphatic carbocycles. The van der Waals surface area contributed by atoms with E-state index in [1.54, 1.807) is 6.21 Å². The Bertz CT molecular complexity index is 610. The first kappa shape index (κ1) is 11.7. The number of rotatable bonds is 2. The zero-order valence-electron chi connectivity index (χ0n) is 10.4. The van der Waals surface area contributed by atoms with E-state index in [1.165, 1.54) is 5.56 Å². The monoisotopic (exact) mass is 251 g/mol. The second-order valence-electron chi connectivity index (χ2n) is 4.73. The maximum absolute atomic E-state index is 11.7. The van der Waals surface area contributed by atoms with E-state index in [2.05, 4.69) is 28.1 Å². The van der Waals surface area contributed by atoms with Crippen molar-refractivity contribution in [1.82, 2.24) is 4.90 Å². The Morgan fingerprint density at radius 2 is 2.16 bits per heavy atom. The molecule has 2 aliphatic rings. The zero-order valence-corrected chi connectivity index (χ0v) is 10.4. The maximum atomic E-state index is 11.7. The Morgan fingerprint density at radius 1 is 1.37 bits per heavy atom. The van der Waals surface area contributed by atoms with Gasteiger partial charge in [-0.1, -0.05) is 30.3 Å². The minimum Gasteiger partial charge on any atom is -0.368 e. The van der Waals surface area contributed by atoms with Crippen molar-refractivity contribution >= 4 is 12.1 Å². The molecule has 1 aromatic carbocycles. The Hall–Kier alpha value is -2.41. The van der Waals surface area contributed by atoms with Crippen LogP contribution in [-0.2, 0) is 11.3 Å². The molecule has 0 aromatic heterocycles. The third kappa shape index (κ3) is 2.04. The molecule has 3 rings (SSSR count). The topological polar surface area (TPSA) is 56.5 Å². The van der Waals surface area contributed by atoms with E-state index < -0.39 is 5.92 Å². The fourth-order valence-electron chi connectivity index (χ4n) is 2.62. The highest BCUT2D eigenvalue weighted by atomic mass is 16.1. The molecule has 0 saturated carbocycles. The number of nitriles is 1. The first-order chi connectivity index (χ1) is 9.29. The van der Waals surface area contributed by atoms with Gasteiger partial charge < -0.3 is 4.90 Å². The summed E-state index contributed by atoms with van der Waals surface area (Å²) in [6.45, 7) is 1.58. The molecule has 0 fully saturated rings. The Kier molecular flexibility index (Phi) is 2.88. The largest absolute Gasteiger partial charge is 0.368 e. The van der Waals surface area contributed by atoms with Crippen molar-refractivity contribution in [2.75, 3.05) is 6.54 Å². The van der Waals surface area contributed by atoms with Gasteiger partial charge in [0.2, 0.25) is 0 Å². The highest BCUT2D eigenvalue weighted by molar-refractivity contribution is 6.00. The first-order valence-electron chi connectivity index (χ1n) is 6.29. The van der Waals surface area contributed by atoms with Gasteiger partial charge in [-0.25, -0.2) is 4.99 Å². The number of amides is 1. The molecule has 2 aliphatic heterocycles. The van der Waals surface area contributed by atoms with E-state index in [0.717, 1.165) is 30.8 Å². The number of nitrogens with zero attached hydrogens (tertiary/aromatic N) is 3. The van der Waals surface area contributed by atoms with Crippen LogP contribution in [-0.4, -0.2) is 23.6 Å². The summed E-state index contributed by atoms with van der Waals surface area (Å²) in [6.07, 6.45) is 2.48. The van der Waals surface area contributed by atoms with Crippen LogP contribution >= 0.6 is 0 Å². The fraction of sp³-hybridized carbons (Fsp3) is 0.267. The molecule has 0 N–H and O–H groups in total. The normalized spacial score (nSPS) is 21.5. The first-order valence-corrected chi connectivity index (χ1v) is 6.29. The summed E-state index contributed by atoms with van der Waals surface area (Å²) >= 11 is 0. The lowest BCUT2D eigenvalue weighted by molar-refractivity contribution is -0.119. The molecular weight excluding hydrogens is 238 g/mol. The molecule has 1 aromatic rings. The molecule has 4 nitrogen and oxygen atoms in total. The predicted molar refractivity (Wildman–Crippen MR) is 71.1 cm³/mol. The minimum absolute atomic E-state index is 0.346. The SMILES string of the molecule is N#CC1C(=O)N=CC2=C1N(Cc1ccccc1)CC2. The van der Waals surface area contributed by atoms with E-state index in [9.17, 15) is 10.1 Å². The van der Waals surface area contributed by atoms with E-state index in [-0.39, 0.29) is 5.91 Å². The van der Waals surface area contributed by atoms with Crippen molar-refractivity contribution in [1.29, 1.82) is 5.26 Å². The van der Waals surface area contributed by atoms with Gasteiger partial charge in [-0.05, 0) is 17.6 Å². The van der Waals surface area contributed by atoms with E-state index in [4.69, 9.17) is 0 Å². The maximum Gasteiger partial charge on any atom is 0.269 e. The molecule has 0 bridgehead atoms. The highest BCUT2D eigenvalue weighted by Crippen LogP contribution is 2.32. The standard InChI is InChI=1S/C15H13N3O/c16-8-13-14-12(9-17-15(13)19)6-7-18(14)10-11-4-2-1-3-5-11/h1-5,9,13H,6-7,10H2. The van der Waals surface area contributed by atoms with Crippen LogP contribution in [0.4, 0.5) is 0 Å². The number of hydrogen-bond acceptors (Lipinski definition) is 3. The van der Waals surface area contributed by atoms with Gasteiger partial charge in [-0.15, -0.1) is 0 Å². The second-order valence-corrected chi connectivity index (χ2v) is 4.73. The summed E-state index contributed by atoms with van der Waals surface area (Å²) in [6, 6.07) is 12.2. The van der Waals surface area contributed by atoms with Gasteiger partial charge in [-0.2, -0.15) is 5.26 Å². The summed E-state index contributed by atoms with van der Waals surface area (Å²) in [5.41, 5.74) is 3.07. The molecular formula is C15H13N3O. The van der Waals surface area contributed by atoms with Crippen molar-refractivity contribution in [3.63, 3.8) is 0 Å². The molecule has 1 amide bonds. The number of carbonyl (C=O) groups excluding carboxylic acids is 1. The van der Waals surface area contributed by atoms with Gasteiger partial charge in [0.25, 0.3) is 5.91 Å². The zero-order chi connectivity index (χ0) is 13.2. The van der Waals surface area contributed by atoms with Crippen LogP contribution in [0, 0.1) is 17.2 Å². The van der Waals surface area contributed by atoms with Gasteiger partial charge in [0, 0.05) is 25.0 Å². The molecule has 0 radical (unpaired) electrons. The van der Waals surface area contributed by atoms with Crippen LogP contribution in [0.2, 0.25) is 0 Å². The van der Waals surface area contributed by atoms with E-state index >= 15 is 0 Å². The third-order valence-electron chi connectivity index (χ3n) is 3.53. The van der Waals surface area contributed by atoms with Gasteiger partial charge in [-0.3, -0.25) is 4.79 Å². The molecule has 1 unspecified atom stereocenters. The summed E-state index contributed by atoms with van der Waals surface area (Å²) in [5, 5.41) is 9.19. The predicted octanol–water partition coefficient (Wildman–Crippen LogP) is 1.90. The third-order valence-corrected chi connectivity index (χ3v) is 3.53. The average Bonchev–Trinajstić information content (AvgIpc) is 2.83. The summed E-state index contributed by atoms with van der Waals surface area (Å²) < 4.78 is 0. The van der Waals surface area contributed by atoms with Crippen molar-refractivity contribution < 1.29 is 4.79 Å². The molecule has 94 valence electrons. The summed E-state index contributed by atoms with van der Waals surface area (Å²) in [7, 11) is 0. The van der Waals surface area contributed by atoms with Crippen LogP contribution in [0.15, 0.2) is 46.6 Å². The molecule has 1 atom stereocenters. The average molecular weight is 251 g/mol. The lowest BCUT2D eigenvalue weighted by atomic mass is 9.99. The number of hydrogen-bond donors (Lipinski definition) is 0. The van der Waals surface area contributed by atoms with Gasteiger partial charge in [0.15, 0.2) is 5.92 Å².